The molecule has 0 unspecified atom stereocenters. The molecule has 0 fully saturated rings. The Kier molecular flexibility index (Phi) is 5.89. The highest BCUT2D eigenvalue weighted by Crippen LogP contribution is 2.09. The number of amides is 1. The standard InChI is InChI=1S/C17H20FN3O/c1-2-3-9-19-15-8-10-20-16(11-15)17(22)21-12-13-4-6-14(18)7-5-13/h4-8,10-11H,2-3,9,12H2,1H3,(H,19,20)(H,21,22). The number of nitrogens with one attached hydrogen (secondary N) is 2. The number of pyridine rings is 1. The Labute approximate surface area is 129 Å². The van der Waals surface area contributed by atoms with E-state index in [1.54, 1.807) is 24.4 Å². The van der Waals surface area contributed by atoms with Crippen LogP contribution in [0.15, 0.2) is 42.6 Å². The average Bonchev–Trinajstić information content (AvgIpc) is 2.54. The first-order chi connectivity index (χ1) is 10.7. The van der Waals surface area contributed by atoms with Crippen LogP contribution in [-0.2, 0) is 6.54 Å². The van der Waals surface area contributed by atoms with Crippen LogP contribution >= 0.6 is 0 Å². The van der Waals surface area contributed by atoms with E-state index in [4.69, 9.17) is 0 Å². The lowest BCUT2D eigenvalue weighted by Gasteiger charge is -2.08. The number of carbonyl (C=O) groups is 1. The number of nitrogens with zero attached hydrogens (tertiary/aromatic N) is 1. The summed E-state index contributed by atoms with van der Waals surface area (Å²) in [5.41, 5.74) is 2.09. The van der Waals surface area contributed by atoms with Crippen LogP contribution in [0.3, 0.4) is 0 Å². The van der Waals surface area contributed by atoms with E-state index in [9.17, 15) is 9.18 Å². The van der Waals surface area contributed by atoms with E-state index in [1.165, 1.54) is 12.1 Å². The van der Waals surface area contributed by atoms with Gasteiger partial charge < -0.3 is 10.6 Å². The fourth-order valence-electron chi connectivity index (χ4n) is 1.95. The van der Waals surface area contributed by atoms with Gasteiger partial charge in [-0.25, -0.2) is 4.39 Å². The monoisotopic (exact) mass is 301 g/mol. The molecular formula is C17H20FN3O. The lowest BCUT2D eigenvalue weighted by Crippen LogP contribution is -2.23. The summed E-state index contributed by atoms with van der Waals surface area (Å²) in [6.07, 6.45) is 3.80. The highest BCUT2D eigenvalue weighted by atomic mass is 19.1. The van der Waals surface area contributed by atoms with Crippen molar-refractivity contribution in [3.05, 3.63) is 59.7 Å². The predicted molar refractivity (Wildman–Crippen MR) is 85.2 cm³/mol. The predicted octanol–water partition coefficient (Wildman–Crippen LogP) is 3.36. The van der Waals surface area contributed by atoms with Gasteiger partial charge in [0, 0.05) is 25.0 Å². The van der Waals surface area contributed by atoms with Gasteiger partial charge in [0.2, 0.25) is 0 Å². The lowest BCUT2D eigenvalue weighted by atomic mass is 10.2. The second kappa shape index (κ2) is 8.12. The second-order valence-corrected chi connectivity index (χ2v) is 5.02. The van der Waals surface area contributed by atoms with Crippen molar-refractivity contribution in [1.29, 1.82) is 0 Å². The van der Waals surface area contributed by atoms with E-state index in [-0.39, 0.29) is 11.7 Å². The van der Waals surface area contributed by atoms with Crippen molar-refractivity contribution < 1.29 is 9.18 Å². The minimum absolute atomic E-state index is 0.247. The molecule has 1 heterocycles. The first-order valence-corrected chi connectivity index (χ1v) is 7.41. The molecule has 2 rings (SSSR count). The highest BCUT2D eigenvalue weighted by Gasteiger charge is 2.07. The van der Waals surface area contributed by atoms with E-state index in [1.807, 2.05) is 6.07 Å². The Morgan fingerprint density at radius 3 is 2.73 bits per heavy atom. The molecule has 0 saturated carbocycles. The van der Waals surface area contributed by atoms with E-state index in [2.05, 4.69) is 22.5 Å². The van der Waals surface area contributed by atoms with Gasteiger partial charge in [0.25, 0.3) is 5.91 Å². The fourth-order valence-corrected chi connectivity index (χ4v) is 1.95. The molecule has 1 aromatic carbocycles. The van der Waals surface area contributed by atoms with Crippen LogP contribution in [-0.4, -0.2) is 17.4 Å². The van der Waals surface area contributed by atoms with E-state index in [0.717, 1.165) is 30.6 Å². The third kappa shape index (κ3) is 4.84. The molecule has 0 radical (unpaired) electrons. The summed E-state index contributed by atoms with van der Waals surface area (Å²) in [7, 11) is 0. The van der Waals surface area contributed by atoms with Gasteiger partial charge in [-0.3, -0.25) is 9.78 Å². The Bertz CT molecular complexity index is 614. The van der Waals surface area contributed by atoms with Gasteiger partial charge in [0.1, 0.15) is 11.5 Å². The number of hydrogen-bond acceptors (Lipinski definition) is 3. The number of halogens is 1. The highest BCUT2D eigenvalue weighted by molar-refractivity contribution is 5.93. The molecule has 0 spiro atoms. The molecule has 0 atom stereocenters. The van der Waals surface area contributed by atoms with E-state index < -0.39 is 0 Å². The topological polar surface area (TPSA) is 54.0 Å². The fraction of sp³-hybridized carbons (Fsp3) is 0.294. The number of hydrogen-bond donors (Lipinski definition) is 2. The Hall–Kier alpha value is -2.43. The number of unbranched alkanes of at least 4 members (excludes halogenated alkanes) is 1. The molecule has 2 N–H and O–H groups in total. The zero-order valence-corrected chi connectivity index (χ0v) is 12.6. The Morgan fingerprint density at radius 2 is 2.00 bits per heavy atom. The van der Waals surface area contributed by atoms with Crippen LogP contribution in [0.1, 0.15) is 35.8 Å². The molecule has 0 bridgehead atoms. The maximum absolute atomic E-state index is 12.8. The molecule has 116 valence electrons. The zero-order chi connectivity index (χ0) is 15.8. The second-order valence-electron chi connectivity index (χ2n) is 5.02. The van der Waals surface area contributed by atoms with Crippen LogP contribution in [0.2, 0.25) is 0 Å². The van der Waals surface area contributed by atoms with Crippen molar-refractivity contribution in [2.24, 2.45) is 0 Å². The third-order valence-electron chi connectivity index (χ3n) is 3.22. The van der Waals surface area contributed by atoms with Gasteiger partial charge in [-0.05, 0) is 36.2 Å². The quantitative estimate of drug-likeness (QED) is 0.771. The van der Waals surface area contributed by atoms with Crippen LogP contribution in [0.25, 0.3) is 0 Å². The van der Waals surface area contributed by atoms with Crippen molar-refractivity contribution in [2.45, 2.75) is 26.3 Å². The minimum atomic E-state index is -0.289. The third-order valence-corrected chi connectivity index (χ3v) is 3.22. The Morgan fingerprint density at radius 1 is 1.23 bits per heavy atom. The number of aromatic nitrogens is 1. The van der Waals surface area contributed by atoms with Crippen LogP contribution in [0, 0.1) is 5.82 Å². The minimum Gasteiger partial charge on any atom is -0.385 e. The van der Waals surface area contributed by atoms with Crippen molar-refractivity contribution >= 4 is 11.6 Å². The molecule has 0 aliphatic heterocycles. The molecule has 5 heteroatoms. The SMILES string of the molecule is CCCCNc1ccnc(C(=O)NCc2ccc(F)cc2)c1. The molecule has 4 nitrogen and oxygen atoms in total. The van der Waals surface area contributed by atoms with Crippen molar-refractivity contribution in [1.82, 2.24) is 10.3 Å². The van der Waals surface area contributed by atoms with Crippen LogP contribution < -0.4 is 10.6 Å². The van der Waals surface area contributed by atoms with Crippen molar-refractivity contribution in [3.8, 4) is 0 Å². The smallest absolute Gasteiger partial charge is 0.270 e. The summed E-state index contributed by atoms with van der Waals surface area (Å²) in [5, 5.41) is 6.04. The molecule has 1 aromatic heterocycles. The maximum atomic E-state index is 12.8. The van der Waals surface area contributed by atoms with Gasteiger partial charge >= 0.3 is 0 Å². The largest absolute Gasteiger partial charge is 0.385 e. The van der Waals surface area contributed by atoms with Crippen molar-refractivity contribution in [2.75, 3.05) is 11.9 Å². The molecule has 0 saturated heterocycles. The van der Waals surface area contributed by atoms with Gasteiger partial charge in [-0.1, -0.05) is 25.5 Å². The molecule has 2 aromatic rings. The number of anilines is 1. The average molecular weight is 301 g/mol. The van der Waals surface area contributed by atoms with Gasteiger partial charge in [0.05, 0.1) is 0 Å². The van der Waals surface area contributed by atoms with Gasteiger partial charge in [-0.15, -0.1) is 0 Å². The van der Waals surface area contributed by atoms with E-state index in [0.29, 0.717) is 12.2 Å². The summed E-state index contributed by atoms with van der Waals surface area (Å²) < 4.78 is 12.8. The summed E-state index contributed by atoms with van der Waals surface area (Å²) in [4.78, 5) is 16.2. The maximum Gasteiger partial charge on any atom is 0.270 e. The summed E-state index contributed by atoms with van der Waals surface area (Å²) in [6, 6.07) is 9.61. The van der Waals surface area contributed by atoms with Gasteiger partial charge in [-0.2, -0.15) is 0 Å². The number of benzene rings is 1. The Balaban J connectivity index is 1.91. The lowest BCUT2D eigenvalue weighted by molar-refractivity contribution is 0.0946. The van der Waals surface area contributed by atoms with Gasteiger partial charge in [0.15, 0.2) is 0 Å². The van der Waals surface area contributed by atoms with Crippen LogP contribution in [0.5, 0.6) is 0 Å². The van der Waals surface area contributed by atoms with Crippen LogP contribution in [0.4, 0.5) is 10.1 Å². The molecule has 22 heavy (non-hydrogen) atoms. The summed E-state index contributed by atoms with van der Waals surface area (Å²) in [6.45, 7) is 3.34. The summed E-state index contributed by atoms with van der Waals surface area (Å²) in [5.74, 6) is -0.536. The molecule has 1 amide bonds. The molecule has 0 aliphatic carbocycles. The molecule has 0 aliphatic rings. The first-order valence-electron chi connectivity index (χ1n) is 7.41. The van der Waals surface area contributed by atoms with E-state index >= 15 is 0 Å². The molecular weight excluding hydrogens is 281 g/mol. The van der Waals surface area contributed by atoms with Crippen molar-refractivity contribution in [3.63, 3.8) is 0 Å². The normalized spacial score (nSPS) is 10.3. The zero-order valence-electron chi connectivity index (χ0n) is 12.6. The number of carbonyl (C=O) groups excluding carboxylic acids is 1. The number of rotatable bonds is 7. The first kappa shape index (κ1) is 15.9. The summed E-state index contributed by atoms with van der Waals surface area (Å²) >= 11 is 0.